The first kappa shape index (κ1) is 20.3. The Labute approximate surface area is 187 Å². The van der Waals surface area contributed by atoms with Crippen LogP contribution in [-0.4, -0.2) is 45.1 Å². The molecule has 0 spiro atoms. The molecule has 0 saturated carbocycles. The molecule has 0 radical (unpaired) electrons. The Morgan fingerprint density at radius 1 is 1.20 bits per heavy atom. The average molecular weight is 460 g/mol. The molecule has 1 aliphatic rings. The number of aromatic amines is 1. The highest BCUT2D eigenvalue weighted by molar-refractivity contribution is 7.80. The number of carbonyl (C=O) groups is 1. The van der Waals surface area contributed by atoms with Crippen molar-refractivity contribution in [3.63, 3.8) is 0 Å². The standard InChI is InChI=1S/C19H15Cl2N7OS/c1-28-14-7-6-10(20)8-12(14)15(11-4-2-3-5-13(11)21)24-16(17(28)29)25-19(30)26-18-22-9-23-27-18/h2-9,16H,1H3,(H3,22,23,25,26,27,30). The van der Waals surface area contributed by atoms with Crippen LogP contribution in [-0.2, 0) is 4.79 Å². The Kier molecular flexibility index (Phi) is 5.67. The Morgan fingerprint density at radius 2 is 2.00 bits per heavy atom. The molecule has 2 heterocycles. The highest BCUT2D eigenvalue weighted by atomic mass is 35.5. The van der Waals surface area contributed by atoms with E-state index in [0.29, 0.717) is 38.5 Å². The van der Waals surface area contributed by atoms with Crippen molar-refractivity contribution in [2.75, 3.05) is 17.3 Å². The van der Waals surface area contributed by atoms with Crippen molar-refractivity contribution in [1.29, 1.82) is 0 Å². The summed E-state index contributed by atoms with van der Waals surface area (Å²) in [4.78, 5) is 22.1. The van der Waals surface area contributed by atoms with Crippen LogP contribution in [0.2, 0.25) is 10.0 Å². The van der Waals surface area contributed by atoms with Crippen LogP contribution in [0.3, 0.4) is 0 Å². The molecule has 30 heavy (non-hydrogen) atoms. The summed E-state index contributed by atoms with van der Waals surface area (Å²) in [6, 6.07) is 12.5. The summed E-state index contributed by atoms with van der Waals surface area (Å²) < 4.78 is 0. The number of H-pyrrole nitrogens is 1. The lowest BCUT2D eigenvalue weighted by molar-refractivity contribution is -0.119. The maximum atomic E-state index is 13.2. The van der Waals surface area contributed by atoms with Gasteiger partial charge in [0.25, 0.3) is 5.91 Å². The van der Waals surface area contributed by atoms with Crippen LogP contribution in [0.25, 0.3) is 0 Å². The SMILES string of the molecule is CN1C(=O)C(NC(=S)Nc2nnc[nH]2)N=C(c2ccccc2Cl)c2cc(Cl)ccc21. The monoisotopic (exact) mass is 459 g/mol. The Bertz CT molecular complexity index is 1150. The predicted molar refractivity (Wildman–Crippen MR) is 121 cm³/mol. The number of rotatable bonds is 3. The first-order valence-electron chi connectivity index (χ1n) is 8.78. The average Bonchev–Trinajstić information content (AvgIpc) is 3.20. The number of anilines is 2. The van der Waals surface area contributed by atoms with E-state index in [1.165, 1.54) is 11.2 Å². The van der Waals surface area contributed by atoms with Gasteiger partial charge in [0, 0.05) is 28.2 Å². The molecular formula is C19H15Cl2N7OS. The largest absolute Gasteiger partial charge is 0.333 e. The second-order valence-corrected chi connectivity index (χ2v) is 7.61. The normalized spacial score (nSPS) is 15.8. The van der Waals surface area contributed by atoms with Crippen LogP contribution in [0.4, 0.5) is 11.6 Å². The third kappa shape index (κ3) is 4.00. The topological polar surface area (TPSA) is 98.3 Å². The summed E-state index contributed by atoms with van der Waals surface area (Å²) in [7, 11) is 1.67. The summed E-state index contributed by atoms with van der Waals surface area (Å²) in [6.45, 7) is 0. The summed E-state index contributed by atoms with van der Waals surface area (Å²) in [5, 5.41) is 14.4. The van der Waals surface area contributed by atoms with Gasteiger partial charge in [-0.2, -0.15) is 0 Å². The number of thiocarbonyl (C=S) groups is 1. The maximum absolute atomic E-state index is 13.2. The summed E-state index contributed by atoms with van der Waals surface area (Å²) >= 11 is 18.0. The number of nitrogens with zero attached hydrogens (tertiary/aromatic N) is 4. The highest BCUT2D eigenvalue weighted by Gasteiger charge is 2.31. The van der Waals surface area contributed by atoms with Gasteiger partial charge in [0.15, 0.2) is 5.11 Å². The highest BCUT2D eigenvalue weighted by Crippen LogP contribution is 2.31. The number of hydrogen-bond donors (Lipinski definition) is 3. The number of aromatic nitrogens is 3. The Morgan fingerprint density at radius 3 is 2.73 bits per heavy atom. The van der Waals surface area contributed by atoms with Gasteiger partial charge in [0.1, 0.15) is 6.33 Å². The molecule has 4 rings (SSSR count). The molecule has 1 aliphatic heterocycles. The van der Waals surface area contributed by atoms with Crippen LogP contribution in [0.1, 0.15) is 11.1 Å². The maximum Gasteiger partial charge on any atom is 0.272 e. The zero-order valence-corrected chi connectivity index (χ0v) is 17.9. The molecule has 0 fully saturated rings. The zero-order chi connectivity index (χ0) is 21.3. The quantitative estimate of drug-likeness (QED) is 0.520. The lowest BCUT2D eigenvalue weighted by Gasteiger charge is -2.21. The molecule has 0 aliphatic carbocycles. The van der Waals surface area contributed by atoms with Gasteiger partial charge in [0.2, 0.25) is 12.1 Å². The number of halogens is 2. The molecule has 1 atom stereocenters. The van der Waals surface area contributed by atoms with Crippen LogP contribution in [0.15, 0.2) is 53.8 Å². The number of hydrogen-bond acceptors (Lipinski definition) is 5. The van der Waals surface area contributed by atoms with E-state index in [4.69, 9.17) is 35.4 Å². The molecule has 3 aromatic rings. The first-order chi connectivity index (χ1) is 14.4. The molecule has 3 N–H and O–H groups in total. The van der Waals surface area contributed by atoms with Crippen molar-refractivity contribution in [2.24, 2.45) is 4.99 Å². The number of fused-ring (bicyclic) bond motifs is 1. The van der Waals surface area contributed by atoms with E-state index in [1.807, 2.05) is 18.2 Å². The minimum absolute atomic E-state index is 0.157. The van der Waals surface area contributed by atoms with Crippen molar-refractivity contribution in [3.05, 3.63) is 70.0 Å². The molecule has 11 heteroatoms. The van der Waals surface area contributed by atoms with E-state index in [1.54, 1.807) is 31.3 Å². The molecule has 1 aromatic heterocycles. The van der Waals surface area contributed by atoms with E-state index in [9.17, 15) is 4.79 Å². The molecule has 1 unspecified atom stereocenters. The molecule has 8 nitrogen and oxygen atoms in total. The molecule has 0 saturated heterocycles. The zero-order valence-electron chi connectivity index (χ0n) is 15.6. The van der Waals surface area contributed by atoms with E-state index >= 15 is 0 Å². The number of carbonyl (C=O) groups excluding carboxylic acids is 1. The fourth-order valence-electron chi connectivity index (χ4n) is 3.04. The fraction of sp³-hybridized carbons (Fsp3) is 0.105. The van der Waals surface area contributed by atoms with Crippen LogP contribution in [0.5, 0.6) is 0 Å². The first-order valence-corrected chi connectivity index (χ1v) is 9.94. The minimum Gasteiger partial charge on any atom is -0.333 e. The van der Waals surface area contributed by atoms with Crippen LogP contribution < -0.4 is 15.5 Å². The lowest BCUT2D eigenvalue weighted by Crippen LogP contribution is -2.47. The number of nitrogens with one attached hydrogen (secondary N) is 3. The van der Waals surface area contributed by atoms with Crippen LogP contribution >= 0.6 is 35.4 Å². The van der Waals surface area contributed by atoms with Crippen LogP contribution in [0, 0.1) is 0 Å². The van der Waals surface area contributed by atoms with Crippen molar-refractivity contribution >= 4 is 63.8 Å². The number of amides is 1. The second-order valence-electron chi connectivity index (χ2n) is 6.35. The van der Waals surface area contributed by atoms with E-state index in [0.717, 1.165) is 0 Å². The molecule has 152 valence electrons. The third-order valence-corrected chi connectivity index (χ3v) is 5.23. The molecule has 1 amide bonds. The minimum atomic E-state index is -1.00. The van der Waals surface area contributed by atoms with Gasteiger partial charge < -0.3 is 20.5 Å². The summed E-state index contributed by atoms with van der Waals surface area (Å²) in [5.41, 5.74) is 2.54. The van der Waals surface area contributed by atoms with Gasteiger partial charge in [0.05, 0.1) is 11.4 Å². The third-order valence-electron chi connectivity index (χ3n) is 4.44. The molecule has 2 aromatic carbocycles. The van der Waals surface area contributed by atoms with Crippen molar-refractivity contribution in [2.45, 2.75) is 6.17 Å². The van der Waals surface area contributed by atoms with Gasteiger partial charge in [-0.05, 0) is 36.5 Å². The van der Waals surface area contributed by atoms with E-state index in [2.05, 4.69) is 30.8 Å². The molecular weight excluding hydrogens is 445 g/mol. The second kappa shape index (κ2) is 8.39. The van der Waals surface area contributed by atoms with Crippen molar-refractivity contribution < 1.29 is 4.79 Å². The van der Waals surface area contributed by atoms with Gasteiger partial charge in [-0.25, -0.2) is 4.99 Å². The van der Waals surface area contributed by atoms with Gasteiger partial charge in [-0.15, -0.1) is 10.2 Å². The fourth-order valence-corrected chi connectivity index (χ4v) is 3.65. The lowest BCUT2D eigenvalue weighted by atomic mass is 10.00. The van der Waals surface area contributed by atoms with Gasteiger partial charge >= 0.3 is 0 Å². The number of benzodiazepines with no additional fused rings is 1. The smallest absolute Gasteiger partial charge is 0.272 e. The Hall–Kier alpha value is -3.01. The predicted octanol–water partition coefficient (Wildman–Crippen LogP) is 3.24. The summed E-state index contributed by atoms with van der Waals surface area (Å²) in [6.07, 6.45) is 0.402. The number of likely N-dealkylation sites (N-methyl/N-ethyl adjacent to an activating group) is 1. The van der Waals surface area contributed by atoms with E-state index in [-0.39, 0.29) is 11.0 Å². The Balaban J connectivity index is 1.78. The van der Waals surface area contributed by atoms with Gasteiger partial charge in [-0.1, -0.05) is 41.4 Å². The molecule has 0 bridgehead atoms. The van der Waals surface area contributed by atoms with Crippen molar-refractivity contribution in [1.82, 2.24) is 20.5 Å². The van der Waals surface area contributed by atoms with Crippen molar-refractivity contribution in [3.8, 4) is 0 Å². The number of benzene rings is 2. The number of aliphatic imine (C=N–C) groups is 1. The van der Waals surface area contributed by atoms with E-state index < -0.39 is 6.17 Å². The van der Waals surface area contributed by atoms with Gasteiger partial charge in [-0.3, -0.25) is 4.79 Å². The summed E-state index contributed by atoms with van der Waals surface area (Å²) in [5.74, 6) is 0.0367.